The molecule has 3 heteroatoms. The first-order valence-electron chi connectivity index (χ1n) is 6.65. The zero-order chi connectivity index (χ0) is 13.3. The molecule has 1 aliphatic rings. The molecule has 0 radical (unpaired) electrons. The minimum Gasteiger partial charge on any atom is -0.392 e. The number of hydrogen-bond acceptors (Lipinski definition) is 3. The Bertz CT molecular complexity index is 257. The average Bonchev–Trinajstić information content (AvgIpc) is 2.41. The third-order valence-electron chi connectivity index (χ3n) is 4.13. The summed E-state index contributed by atoms with van der Waals surface area (Å²) in [6, 6.07) is 0. The standard InChI is InChI=1S/C14H29NO2/c1-12(2,3)17-9-8-14(10-15)7-6-13(4,5)11(14)16/h11,16H,6-10,15H2,1-5H3. The van der Waals surface area contributed by atoms with E-state index in [9.17, 15) is 5.11 Å². The second kappa shape index (κ2) is 4.87. The van der Waals surface area contributed by atoms with Crippen LogP contribution in [0.2, 0.25) is 0 Å². The maximum atomic E-state index is 10.5. The molecule has 2 atom stereocenters. The van der Waals surface area contributed by atoms with E-state index in [0.717, 1.165) is 19.3 Å². The van der Waals surface area contributed by atoms with Crippen molar-refractivity contribution in [2.24, 2.45) is 16.6 Å². The van der Waals surface area contributed by atoms with Gasteiger partial charge in [0, 0.05) is 18.6 Å². The van der Waals surface area contributed by atoms with Crippen LogP contribution in [0.3, 0.4) is 0 Å². The maximum Gasteiger partial charge on any atom is 0.0660 e. The van der Waals surface area contributed by atoms with Crippen molar-refractivity contribution < 1.29 is 9.84 Å². The topological polar surface area (TPSA) is 55.5 Å². The van der Waals surface area contributed by atoms with Crippen molar-refractivity contribution in [1.29, 1.82) is 0 Å². The highest BCUT2D eigenvalue weighted by atomic mass is 16.5. The molecule has 17 heavy (non-hydrogen) atoms. The molecule has 0 saturated heterocycles. The van der Waals surface area contributed by atoms with Gasteiger partial charge < -0.3 is 15.6 Å². The molecule has 0 amide bonds. The van der Waals surface area contributed by atoms with Crippen LogP contribution in [0.25, 0.3) is 0 Å². The van der Waals surface area contributed by atoms with Crippen LogP contribution in [0.4, 0.5) is 0 Å². The summed E-state index contributed by atoms with van der Waals surface area (Å²) in [5.74, 6) is 0. The molecule has 1 fully saturated rings. The number of aliphatic hydroxyl groups excluding tert-OH is 1. The zero-order valence-electron chi connectivity index (χ0n) is 12.0. The first-order valence-corrected chi connectivity index (χ1v) is 6.65. The van der Waals surface area contributed by atoms with Gasteiger partial charge in [0.1, 0.15) is 0 Å². The van der Waals surface area contributed by atoms with Gasteiger partial charge in [0.15, 0.2) is 0 Å². The number of nitrogens with two attached hydrogens (primary N) is 1. The van der Waals surface area contributed by atoms with Crippen LogP contribution in [-0.4, -0.2) is 30.0 Å². The summed E-state index contributed by atoms with van der Waals surface area (Å²) in [6.45, 7) is 11.6. The lowest BCUT2D eigenvalue weighted by atomic mass is 9.76. The number of ether oxygens (including phenoxy) is 1. The molecule has 1 aliphatic carbocycles. The van der Waals surface area contributed by atoms with Gasteiger partial charge in [-0.1, -0.05) is 13.8 Å². The molecule has 3 nitrogen and oxygen atoms in total. The Balaban J connectivity index is 2.60. The van der Waals surface area contributed by atoms with Gasteiger partial charge in [-0.15, -0.1) is 0 Å². The summed E-state index contributed by atoms with van der Waals surface area (Å²) in [4.78, 5) is 0. The predicted octanol–water partition coefficient (Wildman–Crippen LogP) is 2.32. The highest BCUT2D eigenvalue weighted by molar-refractivity contribution is 5.01. The van der Waals surface area contributed by atoms with E-state index >= 15 is 0 Å². The summed E-state index contributed by atoms with van der Waals surface area (Å²) in [5, 5.41) is 10.5. The normalized spacial score (nSPS) is 33.0. The molecule has 1 rings (SSSR count). The van der Waals surface area contributed by atoms with Crippen LogP contribution < -0.4 is 5.73 Å². The van der Waals surface area contributed by atoms with Crippen molar-refractivity contribution in [2.75, 3.05) is 13.2 Å². The van der Waals surface area contributed by atoms with Gasteiger partial charge in [-0.25, -0.2) is 0 Å². The average molecular weight is 243 g/mol. The van der Waals surface area contributed by atoms with Crippen LogP contribution in [0.1, 0.15) is 53.9 Å². The Hall–Kier alpha value is -0.120. The van der Waals surface area contributed by atoms with E-state index in [1.54, 1.807) is 0 Å². The molecule has 0 aromatic rings. The van der Waals surface area contributed by atoms with E-state index in [4.69, 9.17) is 10.5 Å². The van der Waals surface area contributed by atoms with E-state index in [1.807, 2.05) is 0 Å². The lowest BCUT2D eigenvalue weighted by Crippen LogP contribution is -2.43. The van der Waals surface area contributed by atoms with Crippen molar-refractivity contribution in [3.05, 3.63) is 0 Å². The number of aliphatic hydroxyl groups is 1. The molecule has 0 heterocycles. The molecule has 0 aromatic heterocycles. The molecule has 0 aromatic carbocycles. The third-order valence-corrected chi connectivity index (χ3v) is 4.13. The van der Waals surface area contributed by atoms with Crippen molar-refractivity contribution in [2.45, 2.75) is 65.6 Å². The van der Waals surface area contributed by atoms with Crippen LogP contribution in [0, 0.1) is 10.8 Å². The van der Waals surface area contributed by atoms with E-state index in [1.165, 1.54) is 0 Å². The van der Waals surface area contributed by atoms with Crippen molar-refractivity contribution in [3.8, 4) is 0 Å². The van der Waals surface area contributed by atoms with E-state index in [2.05, 4.69) is 34.6 Å². The zero-order valence-corrected chi connectivity index (χ0v) is 12.0. The highest BCUT2D eigenvalue weighted by Crippen LogP contribution is 2.50. The lowest BCUT2D eigenvalue weighted by Gasteiger charge is -2.36. The quantitative estimate of drug-likeness (QED) is 0.796. The Kier molecular flexibility index (Phi) is 4.28. The molecule has 3 N–H and O–H groups in total. The fourth-order valence-corrected chi connectivity index (χ4v) is 2.81. The smallest absolute Gasteiger partial charge is 0.0660 e. The Morgan fingerprint density at radius 3 is 2.24 bits per heavy atom. The summed E-state index contributed by atoms with van der Waals surface area (Å²) >= 11 is 0. The summed E-state index contributed by atoms with van der Waals surface area (Å²) in [5.41, 5.74) is 5.64. The second-order valence-corrected chi connectivity index (χ2v) is 7.17. The van der Waals surface area contributed by atoms with Crippen LogP contribution in [0.5, 0.6) is 0 Å². The van der Waals surface area contributed by atoms with E-state index < -0.39 is 0 Å². The summed E-state index contributed by atoms with van der Waals surface area (Å²) in [6.07, 6.45) is 2.58. The maximum absolute atomic E-state index is 10.5. The lowest BCUT2D eigenvalue weighted by molar-refractivity contribution is -0.0524. The molecular weight excluding hydrogens is 214 g/mol. The fourth-order valence-electron chi connectivity index (χ4n) is 2.81. The van der Waals surface area contributed by atoms with Gasteiger partial charge in [-0.05, 0) is 45.4 Å². The minimum absolute atomic E-state index is 0.0128. The van der Waals surface area contributed by atoms with Gasteiger partial charge in [0.25, 0.3) is 0 Å². The van der Waals surface area contributed by atoms with Gasteiger partial charge in [-0.2, -0.15) is 0 Å². The highest BCUT2D eigenvalue weighted by Gasteiger charge is 2.50. The molecule has 0 bridgehead atoms. The van der Waals surface area contributed by atoms with E-state index in [-0.39, 0.29) is 22.5 Å². The van der Waals surface area contributed by atoms with Crippen LogP contribution in [0.15, 0.2) is 0 Å². The molecular formula is C14H29NO2. The Labute approximate surface area is 106 Å². The van der Waals surface area contributed by atoms with Crippen LogP contribution in [-0.2, 0) is 4.74 Å². The van der Waals surface area contributed by atoms with Crippen LogP contribution >= 0.6 is 0 Å². The third kappa shape index (κ3) is 3.43. The number of hydrogen-bond donors (Lipinski definition) is 2. The van der Waals surface area contributed by atoms with Gasteiger partial charge in [0.2, 0.25) is 0 Å². The predicted molar refractivity (Wildman–Crippen MR) is 70.8 cm³/mol. The SMILES string of the molecule is CC(C)(C)OCCC1(CN)CCC(C)(C)C1O. The van der Waals surface area contributed by atoms with Gasteiger partial charge >= 0.3 is 0 Å². The molecule has 2 unspecified atom stereocenters. The van der Waals surface area contributed by atoms with E-state index in [0.29, 0.717) is 13.2 Å². The monoisotopic (exact) mass is 243 g/mol. The molecule has 102 valence electrons. The second-order valence-electron chi connectivity index (χ2n) is 7.17. The fraction of sp³-hybridized carbons (Fsp3) is 1.00. The summed E-state index contributed by atoms with van der Waals surface area (Å²) < 4.78 is 5.77. The van der Waals surface area contributed by atoms with Crippen molar-refractivity contribution in [3.63, 3.8) is 0 Å². The molecule has 0 spiro atoms. The van der Waals surface area contributed by atoms with Crippen molar-refractivity contribution in [1.82, 2.24) is 0 Å². The largest absolute Gasteiger partial charge is 0.392 e. The first kappa shape index (κ1) is 14.9. The van der Waals surface area contributed by atoms with Gasteiger partial charge in [0.05, 0.1) is 11.7 Å². The Morgan fingerprint density at radius 1 is 1.29 bits per heavy atom. The van der Waals surface area contributed by atoms with Gasteiger partial charge in [-0.3, -0.25) is 0 Å². The van der Waals surface area contributed by atoms with Crippen molar-refractivity contribution >= 4 is 0 Å². The molecule has 1 saturated carbocycles. The summed E-state index contributed by atoms with van der Waals surface area (Å²) in [7, 11) is 0. The Morgan fingerprint density at radius 2 is 1.88 bits per heavy atom. The molecule has 0 aliphatic heterocycles. The minimum atomic E-state index is -0.316. The first-order chi connectivity index (χ1) is 7.63. The number of rotatable bonds is 4.